The van der Waals surface area contributed by atoms with E-state index in [-0.39, 0.29) is 5.41 Å². The first-order valence-corrected chi connectivity index (χ1v) is 20.9. The molecule has 0 saturated heterocycles. The van der Waals surface area contributed by atoms with Crippen LogP contribution in [0.4, 0.5) is 0 Å². The molecule has 0 saturated carbocycles. The zero-order valence-corrected chi connectivity index (χ0v) is 33.3. The predicted octanol–water partition coefficient (Wildman–Crippen LogP) is 14.3. The normalized spacial score (nSPS) is 13.1. The number of para-hydroxylation sites is 1. The number of rotatable bonds is 5. The first-order chi connectivity index (χ1) is 29.0. The summed E-state index contributed by atoms with van der Waals surface area (Å²) in [5, 5.41) is 4.90. The molecule has 0 radical (unpaired) electrons. The Morgan fingerprint density at radius 3 is 1.78 bits per heavy atom. The van der Waals surface area contributed by atoms with Crippen LogP contribution in [-0.4, -0.2) is 19.5 Å². The molecule has 59 heavy (non-hydrogen) atoms. The van der Waals surface area contributed by atoms with Gasteiger partial charge >= 0.3 is 0 Å². The van der Waals surface area contributed by atoms with Gasteiger partial charge in [-0.05, 0) is 75.8 Å². The molecule has 278 valence electrons. The summed E-state index contributed by atoms with van der Waals surface area (Å²) >= 11 is 1.82. The standard InChI is InChI=1S/C54H36N4S/c1-54(2)43-25-13-12-22-38(43)41-31-42-46(32-44(41)54)58(36-20-10-5-11-21-36)45-26-14-23-37(49(42)45)35-28-29-39-48(30-35)59-47-27-15-24-40(50(39)47)53-56-51(33-16-6-3-7-17-33)55-52(57-53)34-18-8-4-9-19-34/h3-32H,1-2H3. The minimum atomic E-state index is -0.0977. The van der Waals surface area contributed by atoms with Crippen molar-refractivity contribution in [1.29, 1.82) is 0 Å². The van der Waals surface area contributed by atoms with Crippen LogP contribution >= 0.6 is 11.3 Å². The van der Waals surface area contributed by atoms with Gasteiger partial charge in [-0.1, -0.05) is 153 Å². The van der Waals surface area contributed by atoms with Gasteiger partial charge in [0.2, 0.25) is 0 Å². The summed E-state index contributed by atoms with van der Waals surface area (Å²) < 4.78 is 4.89. The maximum Gasteiger partial charge on any atom is 0.164 e. The highest BCUT2D eigenvalue weighted by Crippen LogP contribution is 2.52. The lowest BCUT2D eigenvalue weighted by Gasteiger charge is -2.21. The Morgan fingerprint density at radius 1 is 0.407 bits per heavy atom. The monoisotopic (exact) mass is 772 g/mol. The van der Waals surface area contributed by atoms with E-state index in [1.165, 1.54) is 75.4 Å². The summed E-state index contributed by atoms with van der Waals surface area (Å²) in [5.74, 6) is 1.99. The van der Waals surface area contributed by atoms with Crippen molar-refractivity contribution in [3.63, 3.8) is 0 Å². The average molecular weight is 773 g/mol. The van der Waals surface area contributed by atoms with Crippen LogP contribution < -0.4 is 0 Å². The van der Waals surface area contributed by atoms with Gasteiger partial charge in [0.15, 0.2) is 17.5 Å². The van der Waals surface area contributed by atoms with Gasteiger partial charge in [-0.3, -0.25) is 0 Å². The van der Waals surface area contributed by atoms with E-state index < -0.39 is 0 Å². The first kappa shape index (κ1) is 33.9. The van der Waals surface area contributed by atoms with Crippen molar-refractivity contribution in [1.82, 2.24) is 19.5 Å². The third-order valence-electron chi connectivity index (χ3n) is 12.3. The van der Waals surface area contributed by atoms with Crippen molar-refractivity contribution in [2.75, 3.05) is 0 Å². The molecule has 0 spiro atoms. The highest BCUT2D eigenvalue weighted by atomic mass is 32.1. The van der Waals surface area contributed by atoms with E-state index in [2.05, 4.69) is 164 Å². The third-order valence-corrected chi connectivity index (χ3v) is 13.4. The minimum absolute atomic E-state index is 0.0977. The summed E-state index contributed by atoms with van der Waals surface area (Å²) in [6.07, 6.45) is 0. The Hall–Kier alpha value is -7.21. The molecule has 5 heteroatoms. The Kier molecular flexibility index (Phi) is 7.41. The van der Waals surface area contributed by atoms with Crippen LogP contribution in [0.3, 0.4) is 0 Å². The molecule has 0 bridgehead atoms. The molecule has 0 N–H and O–H groups in total. The summed E-state index contributed by atoms with van der Waals surface area (Å²) in [6.45, 7) is 4.72. The lowest BCUT2D eigenvalue weighted by atomic mass is 9.82. The molecular formula is C54H36N4S. The molecule has 0 fully saturated rings. The Labute approximate surface area is 345 Å². The molecule has 12 rings (SSSR count). The first-order valence-electron chi connectivity index (χ1n) is 20.1. The molecule has 0 unspecified atom stereocenters. The van der Waals surface area contributed by atoms with Gasteiger partial charge in [-0.2, -0.15) is 0 Å². The van der Waals surface area contributed by atoms with Crippen LogP contribution in [-0.2, 0) is 5.41 Å². The number of hydrogen-bond donors (Lipinski definition) is 0. The number of thiophene rings is 1. The Bertz CT molecular complexity index is 3400. The highest BCUT2D eigenvalue weighted by Gasteiger charge is 2.36. The van der Waals surface area contributed by atoms with Crippen molar-refractivity contribution in [3.8, 4) is 62.1 Å². The van der Waals surface area contributed by atoms with Crippen LogP contribution in [0.2, 0.25) is 0 Å². The molecule has 0 aliphatic heterocycles. The molecular weight excluding hydrogens is 737 g/mol. The fraction of sp³-hybridized carbons (Fsp3) is 0.0556. The largest absolute Gasteiger partial charge is 0.309 e. The smallest absolute Gasteiger partial charge is 0.164 e. The predicted molar refractivity (Wildman–Crippen MR) is 246 cm³/mol. The van der Waals surface area contributed by atoms with Crippen molar-refractivity contribution < 1.29 is 0 Å². The third kappa shape index (κ3) is 5.18. The van der Waals surface area contributed by atoms with Crippen LogP contribution in [0.1, 0.15) is 25.0 Å². The fourth-order valence-corrected chi connectivity index (χ4v) is 10.6. The second-order valence-corrected chi connectivity index (χ2v) is 17.1. The highest BCUT2D eigenvalue weighted by molar-refractivity contribution is 7.26. The van der Waals surface area contributed by atoms with E-state index >= 15 is 0 Å². The zero-order chi connectivity index (χ0) is 39.2. The van der Waals surface area contributed by atoms with Gasteiger partial charge in [0, 0.05) is 58.7 Å². The van der Waals surface area contributed by atoms with Gasteiger partial charge in [0.25, 0.3) is 0 Å². The van der Waals surface area contributed by atoms with Crippen LogP contribution in [0, 0.1) is 0 Å². The zero-order valence-electron chi connectivity index (χ0n) is 32.5. The molecule has 11 aromatic rings. The SMILES string of the molecule is CC1(C)c2ccccc2-c2cc3c4c(-c5ccc6c(c5)sc5cccc(-c7nc(-c8ccccc8)nc(-c8ccccc8)n7)c56)cccc4n(-c4ccccc4)c3cc21. The van der Waals surface area contributed by atoms with Gasteiger partial charge in [0.05, 0.1) is 11.0 Å². The molecule has 1 aliphatic carbocycles. The fourth-order valence-electron chi connectivity index (χ4n) is 9.47. The number of nitrogens with zero attached hydrogens (tertiary/aromatic N) is 4. The van der Waals surface area contributed by atoms with Crippen molar-refractivity contribution in [2.24, 2.45) is 0 Å². The van der Waals surface area contributed by atoms with Gasteiger partial charge in [-0.25, -0.2) is 15.0 Å². The maximum atomic E-state index is 5.12. The second-order valence-electron chi connectivity index (χ2n) is 16.0. The van der Waals surface area contributed by atoms with E-state index in [9.17, 15) is 0 Å². The number of hydrogen-bond acceptors (Lipinski definition) is 4. The van der Waals surface area contributed by atoms with Gasteiger partial charge in [0.1, 0.15) is 0 Å². The van der Waals surface area contributed by atoms with E-state index in [4.69, 9.17) is 15.0 Å². The van der Waals surface area contributed by atoms with E-state index in [1.807, 2.05) is 47.7 Å². The molecule has 0 atom stereocenters. The average Bonchev–Trinajstić information content (AvgIpc) is 3.91. The lowest BCUT2D eigenvalue weighted by molar-refractivity contribution is 0.661. The molecule has 0 amide bonds. The second kappa shape index (κ2) is 12.9. The Morgan fingerprint density at radius 2 is 1.03 bits per heavy atom. The molecule has 3 aromatic heterocycles. The maximum absolute atomic E-state index is 5.12. The van der Waals surface area contributed by atoms with Crippen LogP contribution in [0.15, 0.2) is 182 Å². The van der Waals surface area contributed by atoms with E-state index in [0.717, 1.165) is 22.4 Å². The number of aromatic nitrogens is 4. The van der Waals surface area contributed by atoms with Crippen LogP contribution in [0.25, 0.3) is 104 Å². The van der Waals surface area contributed by atoms with E-state index in [0.29, 0.717) is 17.5 Å². The summed E-state index contributed by atoms with van der Waals surface area (Å²) in [6, 6.07) is 65.3. The van der Waals surface area contributed by atoms with Gasteiger partial charge in [-0.15, -0.1) is 11.3 Å². The molecule has 1 aliphatic rings. The molecule has 3 heterocycles. The summed E-state index contributed by atoms with van der Waals surface area (Å²) in [7, 11) is 0. The van der Waals surface area contributed by atoms with E-state index in [1.54, 1.807) is 0 Å². The van der Waals surface area contributed by atoms with Gasteiger partial charge < -0.3 is 4.57 Å². The lowest BCUT2D eigenvalue weighted by Crippen LogP contribution is -2.14. The quantitative estimate of drug-likeness (QED) is 0.175. The van der Waals surface area contributed by atoms with Crippen molar-refractivity contribution >= 4 is 53.3 Å². The number of fused-ring (bicyclic) bond motifs is 9. The minimum Gasteiger partial charge on any atom is -0.309 e. The number of benzene rings is 8. The Balaban J connectivity index is 1.07. The molecule has 8 aromatic carbocycles. The van der Waals surface area contributed by atoms with Crippen molar-refractivity contribution in [2.45, 2.75) is 19.3 Å². The summed E-state index contributed by atoms with van der Waals surface area (Å²) in [4.78, 5) is 15.2. The van der Waals surface area contributed by atoms with Crippen LogP contribution in [0.5, 0.6) is 0 Å². The molecule has 4 nitrogen and oxygen atoms in total. The van der Waals surface area contributed by atoms with Crippen molar-refractivity contribution in [3.05, 3.63) is 193 Å². The summed E-state index contributed by atoms with van der Waals surface area (Å²) in [5.41, 5.74) is 14.3. The topological polar surface area (TPSA) is 43.6 Å².